The SMILES string of the molecule is CC(C(=O)O)C1CN(C(=O)NCC(C)(C)C(N)=O)C1. The Morgan fingerprint density at radius 1 is 1.42 bits per heavy atom. The first kappa shape index (κ1) is 15.3. The van der Waals surface area contributed by atoms with Crippen molar-refractivity contribution in [3.8, 4) is 0 Å². The predicted octanol–water partition coefficient (Wildman–Crippen LogP) is -0.140. The second-order valence-corrected chi connectivity index (χ2v) is 5.70. The van der Waals surface area contributed by atoms with Crippen LogP contribution in [-0.2, 0) is 9.59 Å². The molecule has 7 nitrogen and oxygen atoms in total. The summed E-state index contributed by atoms with van der Waals surface area (Å²) < 4.78 is 0. The number of urea groups is 1. The summed E-state index contributed by atoms with van der Waals surface area (Å²) in [5.41, 5.74) is 4.41. The summed E-state index contributed by atoms with van der Waals surface area (Å²) in [7, 11) is 0. The van der Waals surface area contributed by atoms with Crippen LogP contribution >= 0.6 is 0 Å². The summed E-state index contributed by atoms with van der Waals surface area (Å²) in [5.74, 6) is -1.78. The first-order chi connectivity index (χ1) is 8.65. The smallest absolute Gasteiger partial charge is 0.317 e. The molecule has 1 saturated heterocycles. The second-order valence-electron chi connectivity index (χ2n) is 5.70. The van der Waals surface area contributed by atoms with E-state index >= 15 is 0 Å². The lowest BCUT2D eigenvalue weighted by Gasteiger charge is -2.41. The lowest BCUT2D eigenvalue weighted by Crippen LogP contribution is -2.57. The van der Waals surface area contributed by atoms with Crippen LogP contribution in [0.25, 0.3) is 0 Å². The summed E-state index contributed by atoms with van der Waals surface area (Å²) in [6, 6.07) is -0.289. The fraction of sp³-hybridized carbons (Fsp3) is 0.750. The van der Waals surface area contributed by atoms with Gasteiger partial charge in [-0.15, -0.1) is 0 Å². The average Bonchev–Trinajstić information content (AvgIpc) is 2.23. The minimum atomic E-state index is -0.847. The fourth-order valence-electron chi connectivity index (χ4n) is 1.69. The van der Waals surface area contributed by atoms with Crippen LogP contribution in [0.15, 0.2) is 0 Å². The zero-order valence-electron chi connectivity index (χ0n) is 11.5. The number of amides is 3. The maximum atomic E-state index is 11.7. The second kappa shape index (κ2) is 5.46. The number of nitrogens with zero attached hydrogens (tertiary/aromatic N) is 1. The average molecular weight is 271 g/mol. The zero-order chi connectivity index (χ0) is 14.8. The van der Waals surface area contributed by atoms with Crippen molar-refractivity contribution in [2.45, 2.75) is 20.8 Å². The molecule has 1 heterocycles. The van der Waals surface area contributed by atoms with Crippen molar-refractivity contribution in [2.24, 2.45) is 23.0 Å². The number of primary amides is 1. The Hall–Kier alpha value is -1.79. The topological polar surface area (TPSA) is 113 Å². The number of rotatable bonds is 5. The normalized spacial score (nSPS) is 17.5. The van der Waals surface area contributed by atoms with Crippen molar-refractivity contribution in [2.75, 3.05) is 19.6 Å². The van der Waals surface area contributed by atoms with E-state index in [9.17, 15) is 14.4 Å². The minimum absolute atomic E-state index is 0.00704. The molecule has 4 N–H and O–H groups in total. The number of carboxylic acid groups (broad SMARTS) is 1. The molecule has 0 saturated carbocycles. The lowest BCUT2D eigenvalue weighted by molar-refractivity contribution is -0.144. The van der Waals surface area contributed by atoms with Gasteiger partial charge in [0.25, 0.3) is 0 Å². The van der Waals surface area contributed by atoms with Gasteiger partial charge in [-0.05, 0) is 13.8 Å². The van der Waals surface area contributed by atoms with Crippen molar-refractivity contribution in [1.29, 1.82) is 0 Å². The van der Waals surface area contributed by atoms with Crippen molar-refractivity contribution in [3.05, 3.63) is 0 Å². The number of likely N-dealkylation sites (tertiary alicyclic amines) is 1. The lowest BCUT2D eigenvalue weighted by atomic mass is 9.87. The van der Waals surface area contributed by atoms with Crippen LogP contribution in [0, 0.1) is 17.3 Å². The summed E-state index contributed by atoms with van der Waals surface area (Å²) >= 11 is 0. The Morgan fingerprint density at radius 3 is 2.37 bits per heavy atom. The van der Waals surface area contributed by atoms with Crippen LogP contribution in [0.1, 0.15) is 20.8 Å². The molecular weight excluding hydrogens is 250 g/mol. The van der Waals surface area contributed by atoms with Gasteiger partial charge in [0.2, 0.25) is 5.91 Å². The van der Waals surface area contributed by atoms with Crippen LogP contribution in [0.3, 0.4) is 0 Å². The molecule has 7 heteroatoms. The molecule has 108 valence electrons. The Kier molecular flexibility index (Phi) is 4.39. The van der Waals surface area contributed by atoms with Crippen molar-refractivity contribution in [1.82, 2.24) is 10.2 Å². The third kappa shape index (κ3) is 3.59. The highest BCUT2D eigenvalue weighted by atomic mass is 16.4. The number of carbonyl (C=O) groups is 3. The molecule has 1 aliphatic heterocycles. The summed E-state index contributed by atoms with van der Waals surface area (Å²) in [4.78, 5) is 35.1. The van der Waals surface area contributed by atoms with Gasteiger partial charge in [-0.3, -0.25) is 9.59 Å². The van der Waals surface area contributed by atoms with E-state index in [4.69, 9.17) is 10.8 Å². The van der Waals surface area contributed by atoms with Gasteiger partial charge in [-0.1, -0.05) is 6.92 Å². The van der Waals surface area contributed by atoms with Crippen LogP contribution in [-0.4, -0.2) is 47.5 Å². The van der Waals surface area contributed by atoms with Crippen molar-refractivity contribution in [3.63, 3.8) is 0 Å². The molecule has 1 fully saturated rings. The van der Waals surface area contributed by atoms with E-state index in [-0.39, 0.29) is 18.5 Å². The first-order valence-corrected chi connectivity index (χ1v) is 6.20. The van der Waals surface area contributed by atoms with Crippen LogP contribution in [0.2, 0.25) is 0 Å². The van der Waals surface area contributed by atoms with E-state index < -0.39 is 23.2 Å². The third-order valence-electron chi connectivity index (χ3n) is 3.64. The molecule has 0 spiro atoms. The molecule has 1 atom stereocenters. The third-order valence-corrected chi connectivity index (χ3v) is 3.64. The number of carboxylic acids is 1. The van der Waals surface area contributed by atoms with Crippen molar-refractivity contribution >= 4 is 17.9 Å². The summed E-state index contributed by atoms with van der Waals surface area (Å²) in [6.07, 6.45) is 0. The molecule has 0 radical (unpaired) electrons. The van der Waals surface area contributed by atoms with E-state index in [1.54, 1.807) is 20.8 Å². The van der Waals surface area contributed by atoms with Crippen LogP contribution in [0.4, 0.5) is 4.79 Å². The van der Waals surface area contributed by atoms with Gasteiger partial charge in [0.15, 0.2) is 0 Å². The Balaban J connectivity index is 2.35. The largest absolute Gasteiger partial charge is 0.481 e. The standard InChI is InChI=1S/C12H21N3O4/c1-7(9(16)17)8-4-15(5-8)11(19)14-6-12(2,3)10(13)18/h7-8H,4-6H2,1-3H3,(H2,13,18)(H,14,19)(H,16,17). The van der Waals surface area contributed by atoms with Gasteiger partial charge in [-0.25, -0.2) is 4.79 Å². The number of hydrogen-bond donors (Lipinski definition) is 3. The highest BCUT2D eigenvalue weighted by molar-refractivity contribution is 5.82. The first-order valence-electron chi connectivity index (χ1n) is 6.20. The van der Waals surface area contributed by atoms with E-state index in [1.165, 1.54) is 4.90 Å². The van der Waals surface area contributed by atoms with E-state index in [0.717, 1.165) is 0 Å². The zero-order valence-corrected chi connectivity index (χ0v) is 11.5. The van der Waals surface area contributed by atoms with Crippen molar-refractivity contribution < 1.29 is 19.5 Å². The van der Waals surface area contributed by atoms with Gasteiger partial charge in [-0.2, -0.15) is 0 Å². The molecule has 3 amide bonds. The van der Waals surface area contributed by atoms with Gasteiger partial charge in [0, 0.05) is 25.6 Å². The number of nitrogens with two attached hydrogens (primary N) is 1. The molecule has 1 rings (SSSR count). The molecular formula is C12H21N3O4. The maximum Gasteiger partial charge on any atom is 0.317 e. The minimum Gasteiger partial charge on any atom is -0.481 e. The number of aliphatic carboxylic acids is 1. The molecule has 0 aromatic rings. The maximum absolute atomic E-state index is 11.7. The van der Waals surface area contributed by atoms with Gasteiger partial charge >= 0.3 is 12.0 Å². The van der Waals surface area contributed by atoms with Gasteiger partial charge < -0.3 is 21.1 Å². The molecule has 0 aromatic carbocycles. The monoisotopic (exact) mass is 271 g/mol. The number of hydrogen-bond acceptors (Lipinski definition) is 3. The molecule has 19 heavy (non-hydrogen) atoms. The van der Waals surface area contributed by atoms with Gasteiger partial charge in [0.05, 0.1) is 11.3 Å². The van der Waals surface area contributed by atoms with E-state index in [1.807, 2.05) is 0 Å². The molecule has 0 aromatic heterocycles. The summed E-state index contributed by atoms with van der Waals surface area (Å²) in [6.45, 7) is 5.96. The van der Waals surface area contributed by atoms with Crippen LogP contribution in [0.5, 0.6) is 0 Å². The molecule has 0 aliphatic carbocycles. The quantitative estimate of drug-likeness (QED) is 0.646. The molecule has 1 aliphatic rings. The fourth-order valence-corrected chi connectivity index (χ4v) is 1.69. The molecule has 0 bridgehead atoms. The number of carbonyl (C=O) groups excluding carboxylic acids is 2. The Labute approximate surface area is 112 Å². The number of nitrogens with one attached hydrogen (secondary N) is 1. The van der Waals surface area contributed by atoms with Crippen LogP contribution < -0.4 is 11.1 Å². The summed E-state index contributed by atoms with van der Waals surface area (Å²) in [5, 5.41) is 11.5. The Bertz CT molecular complexity index is 388. The highest BCUT2D eigenvalue weighted by Crippen LogP contribution is 2.24. The van der Waals surface area contributed by atoms with E-state index in [2.05, 4.69) is 5.32 Å². The Morgan fingerprint density at radius 2 is 1.95 bits per heavy atom. The predicted molar refractivity (Wildman–Crippen MR) is 68.2 cm³/mol. The van der Waals surface area contributed by atoms with E-state index in [0.29, 0.717) is 13.1 Å². The highest BCUT2D eigenvalue weighted by Gasteiger charge is 2.37. The van der Waals surface area contributed by atoms with Gasteiger partial charge in [0.1, 0.15) is 0 Å². The molecule has 1 unspecified atom stereocenters.